The number of piperidine rings is 1. The van der Waals surface area contributed by atoms with Gasteiger partial charge in [-0.3, -0.25) is 9.69 Å². The van der Waals surface area contributed by atoms with Crippen LogP contribution in [0.5, 0.6) is 11.5 Å². The van der Waals surface area contributed by atoms with Gasteiger partial charge in [0, 0.05) is 18.7 Å². The lowest BCUT2D eigenvalue weighted by molar-refractivity contribution is -0.127. The number of hydrogen-bond acceptors (Lipinski definition) is 7. The number of amides is 1. The molecule has 1 N–H and O–H groups in total. The number of likely N-dealkylation sites (tertiary alicyclic amines) is 1. The second kappa shape index (κ2) is 11.4. The molecule has 0 aliphatic carbocycles. The van der Waals surface area contributed by atoms with E-state index in [1.807, 2.05) is 63.2 Å². The maximum atomic E-state index is 12.9. The predicted octanol–water partition coefficient (Wildman–Crippen LogP) is 4.37. The van der Waals surface area contributed by atoms with Crippen LogP contribution >= 0.6 is 0 Å². The fraction of sp³-hybridized carbons (Fsp3) is 0.444. The van der Waals surface area contributed by atoms with Gasteiger partial charge in [-0.15, -0.1) is 0 Å². The smallest absolute Gasteiger partial charge is 0.241 e. The van der Waals surface area contributed by atoms with E-state index in [0.29, 0.717) is 42.8 Å². The van der Waals surface area contributed by atoms with E-state index in [0.717, 1.165) is 30.5 Å². The third kappa shape index (κ3) is 6.60. The summed E-state index contributed by atoms with van der Waals surface area (Å²) >= 11 is 0. The molecule has 0 saturated carbocycles. The average molecular weight is 479 g/mol. The Morgan fingerprint density at radius 2 is 2.00 bits per heavy atom. The zero-order valence-electron chi connectivity index (χ0n) is 20.9. The summed E-state index contributed by atoms with van der Waals surface area (Å²) in [6.45, 7) is 8.54. The molecule has 1 aliphatic heterocycles. The molecule has 8 heteroatoms. The van der Waals surface area contributed by atoms with Gasteiger partial charge in [0.25, 0.3) is 0 Å². The lowest BCUT2D eigenvalue weighted by Gasteiger charge is -2.30. The second-order valence-corrected chi connectivity index (χ2v) is 9.32. The van der Waals surface area contributed by atoms with Crippen LogP contribution in [0, 0.1) is 12.8 Å². The van der Waals surface area contributed by atoms with E-state index in [9.17, 15) is 4.79 Å². The molecule has 1 amide bonds. The van der Waals surface area contributed by atoms with Gasteiger partial charge in [0.2, 0.25) is 17.6 Å². The lowest BCUT2D eigenvalue weighted by Crippen LogP contribution is -2.42. The number of carbonyl (C=O) groups is 1. The third-order valence-corrected chi connectivity index (χ3v) is 6.07. The Hall–Kier alpha value is -3.39. The maximum Gasteiger partial charge on any atom is 0.241 e. The first kappa shape index (κ1) is 24.7. The first-order chi connectivity index (χ1) is 16.9. The summed E-state index contributed by atoms with van der Waals surface area (Å²) in [5.41, 5.74) is 3.08. The Balaban J connectivity index is 1.30. The Kier molecular flexibility index (Phi) is 8.02. The van der Waals surface area contributed by atoms with Crippen molar-refractivity contribution < 1.29 is 18.8 Å². The van der Waals surface area contributed by atoms with Gasteiger partial charge in [0.1, 0.15) is 0 Å². The Morgan fingerprint density at radius 1 is 1.20 bits per heavy atom. The van der Waals surface area contributed by atoms with E-state index in [-0.39, 0.29) is 17.9 Å². The molecule has 35 heavy (non-hydrogen) atoms. The number of aromatic nitrogens is 2. The molecule has 1 aromatic heterocycles. The van der Waals surface area contributed by atoms with Crippen molar-refractivity contribution in [2.75, 3.05) is 20.2 Å². The molecule has 1 aliphatic rings. The van der Waals surface area contributed by atoms with Crippen molar-refractivity contribution in [3.05, 3.63) is 59.5 Å². The van der Waals surface area contributed by atoms with Crippen LogP contribution in [0.2, 0.25) is 0 Å². The number of aryl methyl sites for hydroxylation is 1. The van der Waals surface area contributed by atoms with Crippen molar-refractivity contribution in [3.8, 4) is 22.9 Å². The fourth-order valence-electron chi connectivity index (χ4n) is 4.25. The number of rotatable bonds is 9. The molecule has 186 valence electrons. The summed E-state index contributed by atoms with van der Waals surface area (Å²) in [5, 5.41) is 7.20. The SMILES string of the molecule is COc1cc(CNC(=O)C2CCCN(Cc3nc(-c4ccc(C)cc4)no3)C2)ccc1OC(C)C. The zero-order chi connectivity index (χ0) is 24.8. The van der Waals surface area contributed by atoms with Crippen molar-refractivity contribution in [1.29, 1.82) is 0 Å². The first-order valence-corrected chi connectivity index (χ1v) is 12.1. The summed E-state index contributed by atoms with van der Waals surface area (Å²) in [5.74, 6) is 2.51. The molecule has 0 spiro atoms. The summed E-state index contributed by atoms with van der Waals surface area (Å²) < 4.78 is 16.7. The number of methoxy groups -OCH3 is 1. The number of benzene rings is 2. The van der Waals surface area contributed by atoms with Crippen molar-refractivity contribution in [1.82, 2.24) is 20.4 Å². The molecule has 1 unspecified atom stereocenters. The molecular weight excluding hydrogens is 444 g/mol. The fourth-order valence-corrected chi connectivity index (χ4v) is 4.25. The van der Waals surface area contributed by atoms with Crippen LogP contribution in [0.15, 0.2) is 47.0 Å². The molecular formula is C27H34N4O4. The second-order valence-electron chi connectivity index (χ2n) is 9.32. The first-order valence-electron chi connectivity index (χ1n) is 12.1. The van der Waals surface area contributed by atoms with Crippen LogP contribution in [-0.4, -0.2) is 47.3 Å². The number of carbonyl (C=O) groups excluding carboxylic acids is 1. The van der Waals surface area contributed by atoms with Crippen LogP contribution in [-0.2, 0) is 17.9 Å². The van der Waals surface area contributed by atoms with Gasteiger partial charge < -0.3 is 19.3 Å². The topological polar surface area (TPSA) is 89.7 Å². The van der Waals surface area contributed by atoms with Gasteiger partial charge >= 0.3 is 0 Å². The largest absolute Gasteiger partial charge is 0.493 e. The molecule has 0 radical (unpaired) electrons. The molecule has 8 nitrogen and oxygen atoms in total. The minimum atomic E-state index is -0.0753. The van der Waals surface area contributed by atoms with Gasteiger partial charge in [-0.1, -0.05) is 41.1 Å². The normalized spacial score (nSPS) is 16.3. The van der Waals surface area contributed by atoms with Gasteiger partial charge in [-0.2, -0.15) is 4.98 Å². The van der Waals surface area contributed by atoms with Crippen molar-refractivity contribution in [3.63, 3.8) is 0 Å². The van der Waals surface area contributed by atoms with E-state index < -0.39 is 0 Å². The van der Waals surface area contributed by atoms with Gasteiger partial charge in [-0.25, -0.2) is 0 Å². The van der Waals surface area contributed by atoms with Crippen LogP contribution in [0.3, 0.4) is 0 Å². The summed E-state index contributed by atoms with van der Waals surface area (Å²) in [7, 11) is 1.62. The predicted molar refractivity (Wildman–Crippen MR) is 133 cm³/mol. The van der Waals surface area contributed by atoms with E-state index in [4.69, 9.17) is 14.0 Å². The Bertz CT molecular complexity index is 1130. The Labute approximate surface area is 206 Å². The highest BCUT2D eigenvalue weighted by Gasteiger charge is 2.27. The Morgan fingerprint density at radius 3 is 2.74 bits per heavy atom. The minimum absolute atomic E-state index is 0.0575. The van der Waals surface area contributed by atoms with Crippen LogP contribution in [0.4, 0.5) is 0 Å². The molecule has 2 heterocycles. The molecule has 4 rings (SSSR count). The van der Waals surface area contributed by atoms with Crippen LogP contribution in [0.1, 0.15) is 43.7 Å². The average Bonchev–Trinajstić information content (AvgIpc) is 3.31. The number of nitrogens with one attached hydrogen (secondary N) is 1. The van der Waals surface area contributed by atoms with Gasteiger partial charge in [-0.05, 0) is 57.9 Å². The molecule has 2 aromatic carbocycles. The minimum Gasteiger partial charge on any atom is -0.493 e. The van der Waals surface area contributed by atoms with Crippen molar-refractivity contribution >= 4 is 5.91 Å². The summed E-state index contributed by atoms with van der Waals surface area (Å²) in [6, 6.07) is 13.8. The number of hydrogen-bond donors (Lipinski definition) is 1. The van der Waals surface area contributed by atoms with Crippen LogP contribution in [0.25, 0.3) is 11.4 Å². The van der Waals surface area contributed by atoms with E-state index >= 15 is 0 Å². The molecule has 1 fully saturated rings. The van der Waals surface area contributed by atoms with Gasteiger partial charge in [0.15, 0.2) is 11.5 Å². The van der Waals surface area contributed by atoms with E-state index in [1.54, 1.807) is 7.11 Å². The van der Waals surface area contributed by atoms with E-state index in [1.165, 1.54) is 5.56 Å². The maximum absolute atomic E-state index is 12.9. The molecule has 1 saturated heterocycles. The van der Waals surface area contributed by atoms with Crippen LogP contribution < -0.4 is 14.8 Å². The highest BCUT2D eigenvalue weighted by molar-refractivity contribution is 5.79. The summed E-state index contributed by atoms with van der Waals surface area (Å²) in [6.07, 6.45) is 1.88. The highest BCUT2D eigenvalue weighted by Crippen LogP contribution is 2.29. The molecule has 3 aromatic rings. The standard InChI is InChI=1S/C27H34N4O4/c1-18(2)34-23-12-9-20(14-24(23)33-4)15-28-27(32)22-6-5-13-31(16-22)17-25-29-26(30-35-25)21-10-7-19(3)8-11-21/h7-12,14,18,22H,5-6,13,15-17H2,1-4H3,(H,28,32). The lowest BCUT2D eigenvalue weighted by atomic mass is 9.97. The van der Waals surface area contributed by atoms with Gasteiger partial charge in [0.05, 0.1) is 25.7 Å². The van der Waals surface area contributed by atoms with E-state index in [2.05, 4.69) is 20.4 Å². The van der Waals surface area contributed by atoms with Crippen molar-refractivity contribution in [2.24, 2.45) is 5.92 Å². The number of nitrogens with zero attached hydrogens (tertiary/aromatic N) is 3. The quantitative estimate of drug-likeness (QED) is 0.488. The third-order valence-electron chi connectivity index (χ3n) is 6.07. The number of ether oxygens (including phenoxy) is 2. The summed E-state index contributed by atoms with van der Waals surface area (Å²) in [4.78, 5) is 19.7. The monoisotopic (exact) mass is 478 g/mol. The van der Waals surface area contributed by atoms with Crippen molar-refractivity contribution in [2.45, 2.75) is 52.8 Å². The molecule has 1 atom stereocenters. The zero-order valence-corrected chi connectivity index (χ0v) is 20.9. The highest BCUT2D eigenvalue weighted by atomic mass is 16.5. The molecule has 0 bridgehead atoms.